The van der Waals surface area contributed by atoms with E-state index in [9.17, 15) is 0 Å². The second-order valence-corrected chi connectivity index (χ2v) is 15.3. The molecule has 0 unspecified atom stereocenters. The van der Waals surface area contributed by atoms with Gasteiger partial charge in [0, 0.05) is 38.3 Å². The van der Waals surface area contributed by atoms with Crippen LogP contribution < -0.4 is 0 Å². The molecule has 0 spiro atoms. The normalized spacial score (nSPS) is 12.1. The minimum atomic E-state index is 1.15. The van der Waals surface area contributed by atoms with Crippen LogP contribution in [0.4, 0.5) is 0 Å². The van der Waals surface area contributed by atoms with Crippen molar-refractivity contribution in [1.82, 2.24) is 9.13 Å². The zero-order chi connectivity index (χ0) is 37.1. The van der Waals surface area contributed by atoms with Crippen molar-refractivity contribution < 1.29 is 0 Å². The standard InChI is InChI=1S/C54H36N2/c1-33-26-28-41(35-16-7-3-8-17-35)48-43-30-37-20-15-21-38-31-44-49-42(36-18-9-4-10-19-36)29-27-34(2)54(49)56(40-24-13-6-14-25-40)46-32-45(50(43)52(47(37)38)51(44)46)55(53(33)48)39-22-11-5-12-23-39/h3-32H,1-2H3. The molecule has 0 aliphatic carbocycles. The van der Waals surface area contributed by atoms with Gasteiger partial charge in [-0.2, -0.15) is 0 Å². The van der Waals surface area contributed by atoms with Gasteiger partial charge in [-0.3, -0.25) is 0 Å². The summed E-state index contributed by atoms with van der Waals surface area (Å²) in [5.74, 6) is 0. The van der Waals surface area contributed by atoms with Gasteiger partial charge in [0.15, 0.2) is 0 Å². The van der Waals surface area contributed by atoms with Gasteiger partial charge in [0.1, 0.15) is 0 Å². The van der Waals surface area contributed by atoms with E-state index in [1.807, 2.05) is 0 Å². The van der Waals surface area contributed by atoms with Gasteiger partial charge in [0.25, 0.3) is 0 Å². The van der Waals surface area contributed by atoms with Crippen LogP contribution in [0.15, 0.2) is 182 Å². The summed E-state index contributed by atoms with van der Waals surface area (Å²) in [5, 5.41) is 12.9. The summed E-state index contributed by atoms with van der Waals surface area (Å²) in [5.41, 5.74) is 14.6. The number of benzene rings is 10. The molecule has 0 amide bonds. The van der Waals surface area contributed by atoms with E-state index in [-0.39, 0.29) is 0 Å². The van der Waals surface area contributed by atoms with Crippen LogP contribution in [0.3, 0.4) is 0 Å². The van der Waals surface area contributed by atoms with E-state index < -0.39 is 0 Å². The molecule has 10 aromatic carbocycles. The van der Waals surface area contributed by atoms with E-state index in [0.717, 1.165) is 11.4 Å². The molecule has 2 heterocycles. The maximum absolute atomic E-state index is 2.55. The van der Waals surface area contributed by atoms with Crippen LogP contribution in [0.25, 0.3) is 110 Å². The summed E-state index contributed by atoms with van der Waals surface area (Å²) in [4.78, 5) is 0. The fourth-order valence-corrected chi connectivity index (χ4v) is 9.93. The Hall–Kier alpha value is -7.16. The molecule has 2 nitrogen and oxygen atoms in total. The summed E-state index contributed by atoms with van der Waals surface area (Å²) in [6, 6.07) is 67.4. The first kappa shape index (κ1) is 31.2. The highest BCUT2D eigenvalue weighted by Crippen LogP contribution is 2.51. The Kier molecular flexibility index (Phi) is 6.50. The second kappa shape index (κ2) is 11.7. The van der Waals surface area contributed by atoms with Crippen molar-refractivity contribution in [2.45, 2.75) is 13.8 Å². The molecule has 0 atom stereocenters. The lowest BCUT2D eigenvalue weighted by Gasteiger charge is -2.28. The fraction of sp³-hybridized carbons (Fsp3) is 0.0370. The van der Waals surface area contributed by atoms with Gasteiger partial charge in [-0.05, 0) is 117 Å². The van der Waals surface area contributed by atoms with Gasteiger partial charge < -0.3 is 9.13 Å². The second-order valence-electron chi connectivity index (χ2n) is 15.3. The highest BCUT2D eigenvalue weighted by atomic mass is 15.0. The van der Waals surface area contributed by atoms with Crippen molar-refractivity contribution >= 4 is 75.9 Å². The molecular weight excluding hydrogens is 677 g/mol. The van der Waals surface area contributed by atoms with Crippen LogP contribution in [0.5, 0.6) is 0 Å². The number of fused-ring (bicyclic) bond motifs is 4. The van der Waals surface area contributed by atoms with Crippen molar-refractivity contribution in [2.75, 3.05) is 0 Å². The molecule has 12 aromatic rings. The number of aromatic nitrogens is 2. The Morgan fingerprint density at radius 2 is 0.732 bits per heavy atom. The van der Waals surface area contributed by atoms with E-state index in [0.29, 0.717) is 0 Å². The molecular formula is C54H36N2. The first-order valence-electron chi connectivity index (χ1n) is 19.5. The smallest absolute Gasteiger partial charge is 0.0575 e. The summed E-state index contributed by atoms with van der Waals surface area (Å²) >= 11 is 0. The van der Waals surface area contributed by atoms with Crippen molar-refractivity contribution in [3.8, 4) is 33.6 Å². The van der Waals surface area contributed by atoms with E-state index in [2.05, 4.69) is 205 Å². The van der Waals surface area contributed by atoms with Crippen molar-refractivity contribution in [1.29, 1.82) is 0 Å². The lowest BCUT2D eigenvalue weighted by Crippen LogP contribution is -2.08. The average molecular weight is 713 g/mol. The number of nitrogens with zero attached hydrogens (tertiary/aromatic N) is 2. The summed E-state index contributed by atoms with van der Waals surface area (Å²) in [7, 11) is 0. The number of pyridine rings is 2. The molecule has 0 fully saturated rings. The molecule has 262 valence electrons. The Labute approximate surface area is 324 Å². The fourth-order valence-electron chi connectivity index (χ4n) is 9.93. The van der Waals surface area contributed by atoms with Gasteiger partial charge in [-0.25, -0.2) is 0 Å². The number of aryl methyl sites for hydroxylation is 2. The zero-order valence-electron chi connectivity index (χ0n) is 31.2. The van der Waals surface area contributed by atoms with Crippen LogP contribution in [0.1, 0.15) is 11.1 Å². The Morgan fingerprint density at radius 3 is 1.16 bits per heavy atom. The minimum Gasteiger partial charge on any atom is -0.309 e. The third-order valence-corrected chi connectivity index (χ3v) is 12.2. The van der Waals surface area contributed by atoms with Crippen molar-refractivity contribution in [3.63, 3.8) is 0 Å². The van der Waals surface area contributed by atoms with E-state index in [1.54, 1.807) is 0 Å². The highest BCUT2D eigenvalue weighted by molar-refractivity contribution is 6.42. The molecule has 0 N–H and O–H groups in total. The van der Waals surface area contributed by atoms with Crippen LogP contribution in [0, 0.1) is 13.8 Å². The Balaban J connectivity index is 1.45. The monoisotopic (exact) mass is 712 g/mol. The first-order chi connectivity index (χ1) is 27.7. The Morgan fingerprint density at radius 1 is 0.321 bits per heavy atom. The predicted molar refractivity (Wildman–Crippen MR) is 239 cm³/mol. The van der Waals surface area contributed by atoms with Crippen LogP contribution in [-0.2, 0) is 0 Å². The molecule has 56 heavy (non-hydrogen) atoms. The average Bonchev–Trinajstić information content (AvgIpc) is 3.25. The highest BCUT2D eigenvalue weighted by Gasteiger charge is 2.27. The molecule has 0 saturated heterocycles. The van der Waals surface area contributed by atoms with E-state index in [1.165, 1.54) is 109 Å². The van der Waals surface area contributed by atoms with Gasteiger partial charge in [-0.1, -0.05) is 140 Å². The molecule has 12 rings (SSSR count). The largest absolute Gasteiger partial charge is 0.309 e. The van der Waals surface area contributed by atoms with Crippen LogP contribution >= 0.6 is 0 Å². The molecule has 2 aromatic heterocycles. The van der Waals surface area contributed by atoms with Crippen LogP contribution in [-0.4, -0.2) is 9.13 Å². The molecule has 0 saturated carbocycles. The van der Waals surface area contributed by atoms with Gasteiger partial charge in [0.05, 0.1) is 22.1 Å². The number of rotatable bonds is 4. The number of para-hydroxylation sites is 2. The topological polar surface area (TPSA) is 9.86 Å². The third kappa shape index (κ3) is 4.21. The molecule has 2 heteroatoms. The van der Waals surface area contributed by atoms with Gasteiger partial charge in [-0.15, -0.1) is 0 Å². The maximum Gasteiger partial charge on any atom is 0.0575 e. The molecule has 0 aliphatic rings. The zero-order valence-corrected chi connectivity index (χ0v) is 31.2. The third-order valence-electron chi connectivity index (χ3n) is 12.2. The number of hydrogen-bond donors (Lipinski definition) is 0. The lowest BCUT2D eigenvalue weighted by atomic mass is 9.84. The van der Waals surface area contributed by atoms with E-state index in [4.69, 9.17) is 0 Å². The molecule has 0 bridgehead atoms. The lowest BCUT2D eigenvalue weighted by molar-refractivity contribution is 1.14. The quantitative estimate of drug-likeness (QED) is 0.127. The summed E-state index contributed by atoms with van der Waals surface area (Å²) < 4.78 is 5.11. The summed E-state index contributed by atoms with van der Waals surface area (Å²) in [6.07, 6.45) is 0. The van der Waals surface area contributed by atoms with Gasteiger partial charge >= 0.3 is 0 Å². The SMILES string of the molecule is Cc1ccc(-c2ccccc2)c2c3cc4cccc5cc6c7c(-c8ccccc8)ccc(C)c7n(-c7ccccc7)c7cc(c3c(c45)c67)n(-c3ccccc3)c12. The van der Waals surface area contributed by atoms with Crippen molar-refractivity contribution in [2.24, 2.45) is 0 Å². The summed E-state index contributed by atoms with van der Waals surface area (Å²) in [6.45, 7) is 4.54. The molecule has 0 aliphatic heterocycles. The molecule has 0 radical (unpaired) electrons. The minimum absolute atomic E-state index is 1.15. The van der Waals surface area contributed by atoms with Gasteiger partial charge in [0.2, 0.25) is 0 Å². The Bertz CT molecular complexity index is 3270. The first-order valence-corrected chi connectivity index (χ1v) is 19.5. The van der Waals surface area contributed by atoms with Crippen LogP contribution in [0.2, 0.25) is 0 Å². The van der Waals surface area contributed by atoms with Crippen molar-refractivity contribution in [3.05, 3.63) is 193 Å². The maximum atomic E-state index is 2.55. The predicted octanol–water partition coefficient (Wildman–Crippen LogP) is 14.7. The van der Waals surface area contributed by atoms with E-state index >= 15 is 0 Å². The number of hydrogen-bond acceptors (Lipinski definition) is 0.